The van der Waals surface area contributed by atoms with Crippen LogP contribution in [0.15, 0.2) is 0 Å². The second-order valence-corrected chi connectivity index (χ2v) is 4.87. The first-order chi connectivity index (χ1) is 7.37. The average Bonchev–Trinajstić information content (AvgIpc) is 2.27. The predicted molar refractivity (Wildman–Crippen MR) is 68.3 cm³/mol. The normalized spacial score (nSPS) is 14.9. The minimum atomic E-state index is 0.0567. The van der Waals surface area contributed by atoms with Gasteiger partial charge in [-0.05, 0) is 33.4 Å². The first-order valence-electron chi connectivity index (χ1n) is 5.99. The maximum absolute atomic E-state index is 11.4. The number of amides is 1. The number of carbonyl (C=O) groups is 1. The highest BCUT2D eigenvalue weighted by Gasteiger charge is 2.24. The molecule has 0 fully saturated rings. The minimum absolute atomic E-state index is 0.0567. The van der Waals surface area contributed by atoms with Crippen molar-refractivity contribution in [2.24, 2.45) is 5.73 Å². The Balaban J connectivity index is 3.98. The van der Waals surface area contributed by atoms with Crippen molar-refractivity contribution in [1.29, 1.82) is 0 Å². The summed E-state index contributed by atoms with van der Waals surface area (Å²) in [4.78, 5) is 15.3. The van der Waals surface area contributed by atoms with Crippen LogP contribution < -0.4 is 5.73 Å². The molecule has 0 spiro atoms. The van der Waals surface area contributed by atoms with Crippen LogP contribution in [-0.2, 0) is 4.79 Å². The van der Waals surface area contributed by atoms with Crippen LogP contribution in [0, 0.1) is 0 Å². The molecule has 0 saturated carbocycles. The third kappa shape index (κ3) is 4.49. The fourth-order valence-electron chi connectivity index (χ4n) is 1.53. The van der Waals surface area contributed by atoms with E-state index >= 15 is 0 Å². The van der Waals surface area contributed by atoms with Gasteiger partial charge in [0.2, 0.25) is 5.91 Å². The smallest absolute Gasteiger partial charge is 0.222 e. The van der Waals surface area contributed by atoms with Gasteiger partial charge in [0.15, 0.2) is 0 Å². The van der Waals surface area contributed by atoms with Crippen molar-refractivity contribution in [2.45, 2.75) is 38.6 Å². The molecule has 96 valence electrons. The first-order valence-corrected chi connectivity index (χ1v) is 5.99. The molecular formula is C12H27N3O. The summed E-state index contributed by atoms with van der Waals surface area (Å²) in [5.74, 6) is 0.194. The van der Waals surface area contributed by atoms with E-state index in [1.54, 1.807) is 19.0 Å². The summed E-state index contributed by atoms with van der Waals surface area (Å²) >= 11 is 0. The van der Waals surface area contributed by atoms with Crippen molar-refractivity contribution in [3.05, 3.63) is 0 Å². The third-order valence-corrected chi connectivity index (χ3v) is 3.51. The Morgan fingerprint density at radius 1 is 1.31 bits per heavy atom. The molecule has 4 nitrogen and oxygen atoms in total. The molecule has 0 saturated heterocycles. The van der Waals surface area contributed by atoms with Gasteiger partial charge < -0.3 is 10.6 Å². The van der Waals surface area contributed by atoms with Gasteiger partial charge in [0.1, 0.15) is 0 Å². The third-order valence-electron chi connectivity index (χ3n) is 3.51. The molecule has 0 aromatic rings. The highest BCUT2D eigenvalue weighted by atomic mass is 16.2. The zero-order chi connectivity index (χ0) is 12.8. The van der Waals surface area contributed by atoms with Gasteiger partial charge in [-0.3, -0.25) is 9.69 Å². The summed E-state index contributed by atoms with van der Waals surface area (Å²) < 4.78 is 0. The monoisotopic (exact) mass is 229 g/mol. The van der Waals surface area contributed by atoms with Gasteiger partial charge in [0.25, 0.3) is 0 Å². The number of carbonyl (C=O) groups excluding carboxylic acids is 1. The van der Waals surface area contributed by atoms with Gasteiger partial charge in [-0.1, -0.05) is 6.92 Å². The number of nitrogens with zero attached hydrogens (tertiary/aromatic N) is 2. The second-order valence-electron chi connectivity index (χ2n) is 4.87. The van der Waals surface area contributed by atoms with Crippen LogP contribution in [0.5, 0.6) is 0 Å². The van der Waals surface area contributed by atoms with Crippen molar-refractivity contribution in [3.8, 4) is 0 Å². The Morgan fingerprint density at radius 3 is 2.25 bits per heavy atom. The number of hydrogen-bond donors (Lipinski definition) is 1. The maximum Gasteiger partial charge on any atom is 0.222 e. The minimum Gasteiger partial charge on any atom is -0.349 e. The van der Waals surface area contributed by atoms with Crippen LogP contribution in [0.3, 0.4) is 0 Å². The largest absolute Gasteiger partial charge is 0.349 e. The highest BCUT2D eigenvalue weighted by Crippen LogP contribution is 2.16. The molecule has 4 heteroatoms. The zero-order valence-corrected chi connectivity index (χ0v) is 11.4. The number of nitrogens with two attached hydrogens (primary N) is 1. The number of hydrogen-bond acceptors (Lipinski definition) is 3. The predicted octanol–water partition coefficient (Wildman–Crippen LogP) is 0.914. The summed E-state index contributed by atoms with van der Waals surface area (Å²) in [5.41, 5.74) is 5.84. The number of likely N-dealkylation sites (N-methyl/N-ethyl adjacent to an activating group) is 1. The van der Waals surface area contributed by atoms with Crippen LogP contribution >= 0.6 is 0 Å². The molecule has 0 aliphatic carbocycles. The molecule has 0 rings (SSSR count). The van der Waals surface area contributed by atoms with E-state index < -0.39 is 0 Å². The first kappa shape index (κ1) is 15.4. The molecule has 0 aromatic heterocycles. The van der Waals surface area contributed by atoms with Crippen LogP contribution in [-0.4, -0.2) is 55.5 Å². The summed E-state index contributed by atoms with van der Waals surface area (Å²) in [7, 11) is 5.67. The molecule has 1 atom stereocenters. The van der Waals surface area contributed by atoms with Crippen molar-refractivity contribution >= 4 is 5.91 Å². The highest BCUT2D eigenvalue weighted by molar-refractivity contribution is 5.75. The van der Waals surface area contributed by atoms with Crippen LogP contribution in [0.4, 0.5) is 0 Å². The van der Waals surface area contributed by atoms with Crippen molar-refractivity contribution in [2.75, 3.05) is 34.2 Å². The van der Waals surface area contributed by atoms with Crippen LogP contribution in [0.2, 0.25) is 0 Å². The lowest BCUT2D eigenvalue weighted by molar-refractivity contribution is -0.128. The molecule has 0 aromatic carbocycles. The lowest BCUT2D eigenvalue weighted by atomic mass is 9.97. The molecule has 0 radical (unpaired) electrons. The molecule has 0 aliphatic heterocycles. The van der Waals surface area contributed by atoms with E-state index in [1.807, 2.05) is 0 Å². The summed E-state index contributed by atoms with van der Waals surface area (Å²) in [6.45, 7) is 5.89. The molecule has 0 bridgehead atoms. The van der Waals surface area contributed by atoms with E-state index in [0.717, 1.165) is 19.4 Å². The van der Waals surface area contributed by atoms with Crippen LogP contribution in [0.25, 0.3) is 0 Å². The van der Waals surface area contributed by atoms with Gasteiger partial charge in [0.05, 0.1) is 0 Å². The van der Waals surface area contributed by atoms with E-state index in [1.165, 1.54) is 0 Å². The van der Waals surface area contributed by atoms with Crippen LogP contribution in [0.1, 0.15) is 33.1 Å². The molecule has 0 aliphatic rings. The second kappa shape index (κ2) is 6.86. The standard InChI is InChI=1S/C12H27N3O/c1-6-12(2,10-13)15(5)9-7-8-11(16)14(3)4/h6-10,13H2,1-5H3. The summed E-state index contributed by atoms with van der Waals surface area (Å²) in [6.07, 6.45) is 2.53. The van der Waals surface area contributed by atoms with Gasteiger partial charge in [-0.15, -0.1) is 0 Å². The molecule has 2 N–H and O–H groups in total. The van der Waals surface area contributed by atoms with Gasteiger partial charge in [-0.25, -0.2) is 0 Å². The fourth-order valence-corrected chi connectivity index (χ4v) is 1.53. The number of rotatable bonds is 7. The van der Waals surface area contributed by atoms with E-state index in [0.29, 0.717) is 13.0 Å². The topological polar surface area (TPSA) is 49.6 Å². The Kier molecular flexibility index (Phi) is 6.60. The zero-order valence-electron chi connectivity index (χ0n) is 11.4. The Morgan fingerprint density at radius 2 is 1.88 bits per heavy atom. The summed E-state index contributed by atoms with van der Waals surface area (Å²) in [6, 6.07) is 0. The summed E-state index contributed by atoms with van der Waals surface area (Å²) in [5, 5.41) is 0. The lowest BCUT2D eigenvalue weighted by Gasteiger charge is -2.37. The van der Waals surface area contributed by atoms with Gasteiger partial charge in [0, 0.05) is 32.6 Å². The Labute approximate surface area is 99.8 Å². The molecule has 16 heavy (non-hydrogen) atoms. The quantitative estimate of drug-likeness (QED) is 0.706. The van der Waals surface area contributed by atoms with Crippen molar-refractivity contribution in [3.63, 3.8) is 0 Å². The SMILES string of the molecule is CCC(C)(CN)N(C)CCCC(=O)N(C)C. The van der Waals surface area contributed by atoms with Crippen molar-refractivity contribution in [1.82, 2.24) is 9.80 Å². The molecule has 1 unspecified atom stereocenters. The Bertz CT molecular complexity index is 212. The van der Waals surface area contributed by atoms with Crippen molar-refractivity contribution < 1.29 is 4.79 Å². The van der Waals surface area contributed by atoms with E-state index in [9.17, 15) is 4.79 Å². The van der Waals surface area contributed by atoms with Gasteiger partial charge >= 0.3 is 0 Å². The average molecular weight is 229 g/mol. The fraction of sp³-hybridized carbons (Fsp3) is 0.917. The maximum atomic E-state index is 11.4. The molecule has 0 heterocycles. The lowest BCUT2D eigenvalue weighted by Crippen LogP contribution is -2.49. The molecular weight excluding hydrogens is 202 g/mol. The molecule has 1 amide bonds. The van der Waals surface area contributed by atoms with E-state index in [4.69, 9.17) is 5.73 Å². The Hall–Kier alpha value is -0.610. The van der Waals surface area contributed by atoms with Gasteiger partial charge in [-0.2, -0.15) is 0 Å². The van der Waals surface area contributed by atoms with E-state index in [2.05, 4.69) is 25.8 Å². The van der Waals surface area contributed by atoms with E-state index in [-0.39, 0.29) is 11.4 Å².